The van der Waals surface area contributed by atoms with E-state index in [0.29, 0.717) is 11.5 Å². The van der Waals surface area contributed by atoms with Gasteiger partial charge in [-0.2, -0.15) is 4.99 Å². The molecule has 0 atom stereocenters. The first kappa shape index (κ1) is 20.2. The maximum absolute atomic E-state index is 13.9. The molecule has 0 aliphatic heterocycles. The highest BCUT2D eigenvalue weighted by Crippen LogP contribution is 2.41. The highest BCUT2D eigenvalue weighted by Gasteiger charge is 2.30. The zero-order chi connectivity index (χ0) is 19.2. The van der Waals surface area contributed by atoms with Gasteiger partial charge in [0.15, 0.2) is 11.6 Å². The van der Waals surface area contributed by atoms with Crippen molar-refractivity contribution in [2.45, 2.75) is 64.7 Å². The maximum Gasteiger partial charge on any atom is 0.153 e. The Labute approximate surface area is 166 Å². The Balaban J connectivity index is 1.55. The molecule has 0 amide bonds. The predicted octanol–water partition coefficient (Wildman–Crippen LogP) is 7.07. The van der Waals surface area contributed by atoms with Crippen LogP contribution in [0.2, 0.25) is 0 Å². The summed E-state index contributed by atoms with van der Waals surface area (Å²) in [5.41, 5.74) is -0.0396. The lowest BCUT2D eigenvalue weighted by Gasteiger charge is -2.36. The quantitative estimate of drug-likeness (QED) is 0.307. The Bertz CT molecular complexity index is 733. The normalized spacial score (nSPS) is 28.0. The van der Waals surface area contributed by atoms with Crippen molar-refractivity contribution in [3.8, 4) is 11.8 Å². The number of benzene rings is 1. The number of thiocarbonyl (C=S) groups is 1. The summed E-state index contributed by atoms with van der Waals surface area (Å²) >= 11 is 4.41. The van der Waals surface area contributed by atoms with Gasteiger partial charge in [-0.05, 0) is 80.6 Å². The van der Waals surface area contributed by atoms with Crippen molar-refractivity contribution >= 4 is 23.1 Å². The molecule has 1 aromatic rings. The predicted molar refractivity (Wildman–Crippen MR) is 109 cm³/mol. The van der Waals surface area contributed by atoms with Gasteiger partial charge in [0.1, 0.15) is 5.69 Å². The molecule has 2 saturated carbocycles. The van der Waals surface area contributed by atoms with Gasteiger partial charge in [0.2, 0.25) is 0 Å². The van der Waals surface area contributed by atoms with Crippen LogP contribution in [0, 0.1) is 47.1 Å². The monoisotopic (exact) mass is 387 g/mol. The summed E-state index contributed by atoms with van der Waals surface area (Å²) < 4.78 is 27.8. The van der Waals surface area contributed by atoms with Gasteiger partial charge in [0.05, 0.1) is 5.16 Å². The van der Waals surface area contributed by atoms with Crippen LogP contribution in [-0.2, 0) is 0 Å². The van der Waals surface area contributed by atoms with E-state index in [-0.39, 0.29) is 0 Å². The average molecular weight is 388 g/mol. The number of hydrogen-bond acceptors (Lipinski definition) is 2. The number of nitrogens with zero attached hydrogens (tertiary/aromatic N) is 1. The van der Waals surface area contributed by atoms with Crippen LogP contribution in [0.4, 0.5) is 14.5 Å². The van der Waals surface area contributed by atoms with Gasteiger partial charge in [-0.15, -0.1) is 0 Å². The Morgan fingerprint density at radius 2 is 1.52 bits per heavy atom. The molecule has 2 aliphatic carbocycles. The number of aliphatic imine (C=N–C) groups is 1. The highest BCUT2D eigenvalue weighted by atomic mass is 32.1. The fourth-order valence-electron chi connectivity index (χ4n) is 4.78. The minimum Gasteiger partial charge on any atom is -0.204 e. The van der Waals surface area contributed by atoms with Crippen molar-refractivity contribution in [2.24, 2.45) is 28.7 Å². The molecule has 4 heteroatoms. The van der Waals surface area contributed by atoms with E-state index < -0.39 is 17.3 Å². The van der Waals surface area contributed by atoms with Gasteiger partial charge >= 0.3 is 0 Å². The fourth-order valence-corrected chi connectivity index (χ4v) is 4.87. The number of halogens is 2. The van der Waals surface area contributed by atoms with Crippen LogP contribution >= 0.6 is 12.2 Å². The van der Waals surface area contributed by atoms with Gasteiger partial charge in [-0.1, -0.05) is 38.0 Å². The first-order valence-corrected chi connectivity index (χ1v) is 10.6. The Hall–Kier alpha value is -1.56. The van der Waals surface area contributed by atoms with Crippen molar-refractivity contribution in [1.82, 2.24) is 0 Å². The van der Waals surface area contributed by atoms with E-state index in [4.69, 9.17) is 0 Å². The van der Waals surface area contributed by atoms with Crippen molar-refractivity contribution in [3.63, 3.8) is 0 Å². The van der Waals surface area contributed by atoms with Crippen LogP contribution in [0.3, 0.4) is 0 Å². The molecule has 0 spiro atoms. The number of isothiocyanates is 1. The van der Waals surface area contributed by atoms with Crippen LogP contribution in [-0.4, -0.2) is 5.16 Å². The summed E-state index contributed by atoms with van der Waals surface area (Å²) in [6, 6.07) is 2.44. The van der Waals surface area contributed by atoms with Gasteiger partial charge in [0.25, 0.3) is 0 Å². The molecule has 2 aliphatic rings. The molecule has 27 heavy (non-hydrogen) atoms. The number of rotatable bonds is 3. The molecule has 0 saturated heterocycles. The smallest absolute Gasteiger partial charge is 0.153 e. The van der Waals surface area contributed by atoms with Crippen LogP contribution in [0.1, 0.15) is 70.3 Å². The third-order valence-corrected chi connectivity index (χ3v) is 6.59. The molecule has 144 valence electrons. The zero-order valence-corrected chi connectivity index (χ0v) is 16.8. The maximum atomic E-state index is 13.9. The molecule has 3 rings (SSSR count). The number of hydrogen-bond donors (Lipinski definition) is 0. The molecule has 0 aromatic heterocycles. The molecule has 0 unspecified atom stereocenters. The van der Waals surface area contributed by atoms with E-state index >= 15 is 0 Å². The molecule has 1 aromatic carbocycles. The van der Waals surface area contributed by atoms with Crippen molar-refractivity contribution in [1.29, 1.82) is 0 Å². The second kappa shape index (κ2) is 9.58. The summed E-state index contributed by atoms with van der Waals surface area (Å²) in [4.78, 5) is 3.43. The summed E-state index contributed by atoms with van der Waals surface area (Å²) in [6.45, 7) is 2.31. The van der Waals surface area contributed by atoms with Crippen LogP contribution in [0.15, 0.2) is 17.1 Å². The minimum absolute atomic E-state index is 0.332. The van der Waals surface area contributed by atoms with Crippen LogP contribution in [0.25, 0.3) is 0 Å². The van der Waals surface area contributed by atoms with Crippen LogP contribution < -0.4 is 0 Å². The van der Waals surface area contributed by atoms with E-state index in [9.17, 15) is 8.78 Å². The molecule has 0 heterocycles. The molecule has 0 radical (unpaired) electrons. The molecule has 0 N–H and O–H groups in total. The Kier molecular flexibility index (Phi) is 7.16. The molecular weight excluding hydrogens is 360 g/mol. The third-order valence-electron chi connectivity index (χ3n) is 6.50. The van der Waals surface area contributed by atoms with E-state index in [2.05, 4.69) is 36.0 Å². The second-order valence-electron chi connectivity index (χ2n) is 8.06. The lowest BCUT2D eigenvalue weighted by molar-refractivity contribution is 0.156. The second-order valence-corrected chi connectivity index (χ2v) is 8.24. The first-order valence-electron chi connectivity index (χ1n) is 10.2. The van der Waals surface area contributed by atoms with Crippen LogP contribution in [0.5, 0.6) is 0 Å². The van der Waals surface area contributed by atoms with Crippen molar-refractivity contribution in [2.75, 3.05) is 0 Å². The Morgan fingerprint density at radius 3 is 2.04 bits per heavy atom. The third kappa shape index (κ3) is 5.24. The first-order chi connectivity index (χ1) is 13.1. The lowest BCUT2D eigenvalue weighted by Crippen LogP contribution is -2.25. The lowest BCUT2D eigenvalue weighted by atomic mass is 9.69. The summed E-state index contributed by atoms with van der Waals surface area (Å²) in [5, 5.41) is 2.00. The molecule has 2 fully saturated rings. The largest absolute Gasteiger partial charge is 0.204 e. The van der Waals surface area contributed by atoms with Gasteiger partial charge < -0.3 is 0 Å². The topological polar surface area (TPSA) is 12.4 Å². The van der Waals surface area contributed by atoms with Crippen molar-refractivity contribution < 1.29 is 8.78 Å². The van der Waals surface area contributed by atoms with Gasteiger partial charge in [0, 0.05) is 11.5 Å². The summed E-state index contributed by atoms with van der Waals surface area (Å²) in [7, 11) is 0. The molecule has 1 nitrogen and oxygen atoms in total. The molecule has 0 bridgehead atoms. The Morgan fingerprint density at radius 1 is 0.963 bits per heavy atom. The zero-order valence-electron chi connectivity index (χ0n) is 15.9. The van der Waals surface area contributed by atoms with E-state index in [0.717, 1.165) is 30.6 Å². The fraction of sp³-hybridized carbons (Fsp3) is 0.609. The van der Waals surface area contributed by atoms with Gasteiger partial charge in [-0.25, -0.2) is 8.78 Å². The minimum atomic E-state index is -0.747. The van der Waals surface area contributed by atoms with E-state index in [1.54, 1.807) is 0 Å². The molecular formula is C23H27F2NS. The summed E-state index contributed by atoms with van der Waals surface area (Å²) in [5.74, 6) is 7.73. The standard InChI is InChI=1S/C23H27F2NS/c1-2-16-5-9-19(10-6-16)20-11-7-17(8-12-20)3-4-18-13-21(24)23(26-15-27)22(25)14-18/h13-14,16-17,19-20H,2,5-12H2,1H3. The van der Waals surface area contributed by atoms with Gasteiger partial charge in [-0.3, -0.25) is 0 Å². The average Bonchev–Trinajstić information content (AvgIpc) is 2.70. The van der Waals surface area contributed by atoms with E-state index in [1.165, 1.54) is 57.1 Å². The SMILES string of the molecule is CCC1CCC(C2CCC(C#Cc3cc(F)c(N=C=S)c(F)c3)CC2)CC1. The highest BCUT2D eigenvalue weighted by molar-refractivity contribution is 7.78. The van der Waals surface area contributed by atoms with E-state index in [1.807, 2.05) is 5.16 Å². The van der Waals surface area contributed by atoms with Crippen molar-refractivity contribution in [3.05, 3.63) is 29.3 Å². The summed E-state index contributed by atoms with van der Waals surface area (Å²) in [6.07, 6.45) is 11.6.